The van der Waals surface area contributed by atoms with E-state index in [4.69, 9.17) is 9.40 Å². The summed E-state index contributed by atoms with van der Waals surface area (Å²) in [6.45, 7) is 1.47. The number of hydrogen-bond acceptors (Lipinski definition) is 6. The highest BCUT2D eigenvalue weighted by Crippen LogP contribution is 2.36. The van der Waals surface area contributed by atoms with E-state index in [9.17, 15) is 4.79 Å². The number of rotatable bonds is 6. The molecule has 0 radical (unpaired) electrons. The molecule has 2 aromatic heterocycles. The van der Waals surface area contributed by atoms with Crippen LogP contribution in [0, 0.1) is 0 Å². The molecular weight excluding hydrogens is 390 g/mol. The van der Waals surface area contributed by atoms with Crippen LogP contribution in [0.4, 0.5) is 5.13 Å². The number of carbonyl (C=O) groups is 1. The van der Waals surface area contributed by atoms with Crippen molar-refractivity contribution < 1.29 is 9.21 Å². The third-order valence-electron chi connectivity index (χ3n) is 3.87. The Bertz CT molecular complexity index is 1020. The highest BCUT2D eigenvalue weighted by molar-refractivity contribution is 7.98. The Morgan fingerprint density at radius 1 is 1.04 bits per heavy atom. The molecule has 1 N–H and O–H groups in total. The maximum absolute atomic E-state index is 11.1. The van der Waals surface area contributed by atoms with Crippen molar-refractivity contribution in [2.75, 3.05) is 5.32 Å². The summed E-state index contributed by atoms with van der Waals surface area (Å²) in [5.41, 5.74) is 3.70. The molecule has 0 aliphatic rings. The van der Waals surface area contributed by atoms with E-state index in [-0.39, 0.29) is 5.91 Å². The van der Waals surface area contributed by atoms with E-state index >= 15 is 0 Å². The fraction of sp³-hybridized carbons (Fsp3) is 0.0952. The molecule has 0 bridgehead atoms. The van der Waals surface area contributed by atoms with Gasteiger partial charge in [0.15, 0.2) is 10.9 Å². The van der Waals surface area contributed by atoms with Gasteiger partial charge in [-0.1, -0.05) is 72.4 Å². The molecule has 0 aliphatic carbocycles. The third-order valence-corrected chi connectivity index (χ3v) is 5.54. The van der Waals surface area contributed by atoms with Crippen molar-refractivity contribution in [3.8, 4) is 22.6 Å². The Labute approximate surface area is 170 Å². The number of thioether (sulfide) groups is 1. The first-order valence-corrected chi connectivity index (χ1v) is 10.5. The SMILES string of the molecule is CC(=O)Nc1nc(CSc2nc(-c3ccccc3)c(-c3ccccc3)o2)cs1. The second kappa shape index (κ2) is 8.41. The summed E-state index contributed by atoms with van der Waals surface area (Å²) in [5.74, 6) is 1.24. The number of benzene rings is 2. The van der Waals surface area contributed by atoms with E-state index in [2.05, 4.69) is 10.3 Å². The highest BCUT2D eigenvalue weighted by atomic mass is 32.2. The van der Waals surface area contributed by atoms with Crippen molar-refractivity contribution in [2.24, 2.45) is 0 Å². The van der Waals surface area contributed by atoms with Crippen molar-refractivity contribution in [3.05, 3.63) is 71.7 Å². The van der Waals surface area contributed by atoms with Crippen LogP contribution in [0.1, 0.15) is 12.6 Å². The van der Waals surface area contributed by atoms with Gasteiger partial charge in [-0.2, -0.15) is 0 Å². The fourth-order valence-corrected chi connectivity index (χ4v) is 4.24. The van der Waals surface area contributed by atoms with Gasteiger partial charge >= 0.3 is 0 Å². The minimum absolute atomic E-state index is 0.124. The molecule has 0 spiro atoms. The van der Waals surface area contributed by atoms with E-state index in [1.54, 1.807) is 0 Å². The standard InChI is InChI=1S/C21H17N3O2S2/c1-14(25)22-20-23-17(12-27-20)13-28-21-24-18(15-8-4-2-5-9-15)19(26-21)16-10-6-3-7-11-16/h2-12H,13H2,1H3,(H,22,23,25). The number of aromatic nitrogens is 2. The number of hydrogen-bond donors (Lipinski definition) is 1. The molecule has 0 unspecified atom stereocenters. The first-order valence-electron chi connectivity index (χ1n) is 8.65. The van der Waals surface area contributed by atoms with Gasteiger partial charge in [-0.15, -0.1) is 11.3 Å². The summed E-state index contributed by atoms with van der Waals surface area (Å²) < 4.78 is 6.11. The number of amides is 1. The van der Waals surface area contributed by atoms with Crippen LogP contribution < -0.4 is 5.32 Å². The maximum Gasteiger partial charge on any atom is 0.257 e. The average molecular weight is 408 g/mol. The number of oxazole rings is 1. The smallest absolute Gasteiger partial charge is 0.257 e. The number of nitrogens with one attached hydrogen (secondary N) is 1. The molecule has 0 aliphatic heterocycles. The van der Waals surface area contributed by atoms with Gasteiger partial charge in [0.25, 0.3) is 5.22 Å². The zero-order valence-corrected chi connectivity index (χ0v) is 16.7. The van der Waals surface area contributed by atoms with Crippen LogP contribution in [-0.2, 0) is 10.5 Å². The van der Waals surface area contributed by atoms with Crippen LogP contribution in [0.15, 0.2) is 75.7 Å². The van der Waals surface area contributed by atoms with Gasteiger partial charge in [0.05, 0.1) is 5.69 Å². The van der Waals surface area contributed by atoms with Crippen LogP contribution in [0.5, 0.6) is 0 Å². The van der Waals surface area contributed by atoms with Gasteiger partial charge < -0.3 is 9.73 Å². The minimum Gasteiger partial charge on any atom is -0.431 e. The number of carbonyl (C=O) groups excluding carboxylic acids is 1. The molecule has 7 heteroatoms. The largest absolute Gasteiger partial charge is 0.431 e. The van der Waals surface area contributed by atoms with E-state index in [0.29, 0.717) is 16.1 Å². The van der Waals surface area contributed by atoms with Crippen molar-refractivity contribution >= 4 is 34.1 Å². The van der Waals surface area contributed by atoms with E-state index < -0.39 is 0 Å². The van der Waals surface area contributed by atoms with Crippen LogP contribution in [-0.4, -0.2) is 15.9 Å². The first-order chi connectivity index (χ1) is 13.7. The number of anilines is 1. The molecule has 2 aromatic carbocycles. The zero-order valence-electron chi connectivity index (χ0n) is 15.1. The second-order valence-electron chi connectivity index (χ2n) is 6.00. The molecule has 0 saturated carbocycles. The predicted octanol–water partition coefficient (Wildman–Crippen LogP) is 5.72. The molecule has 4 aromatic rings. The Balaban J connectivity index is 1.59. The van der Waals surface area contributed by atoms with Crippen LogP contribution in [0.3, 0.4) is 0 Å². The monoisotopic (exact) mass is 407 g/mol. The zero-order chi connectivity index (χ0) is 19.3. The average Bonchev–Trinajstić information content (AvgIpc) is 3.34. The minimum atomic E-state index is -0.124. The topological polar surface area (TPSA) is 68.0 Å². The molecule has 4 rings (SSSR count). The van der Waals surface area contributed by atoms with Gasteiger partial charge in [-0.25, -0.2) is 9.97 Å². The van der Waals surface area contributed by atoms with Crippen molar-refractivity contribution in [3.63, 3.8) is 0 Å². The fourth-order valence-electron chi connectivity index (χ4n) is 2.66. The summed E-state index contributed by atoms with van der Waals surface area (Å²) >= 11 is 2.89. The predicted molar refractivity (Wildman–Crippen MR) is 113 cm³/mol. The van der Waals surface area contributed by atoms with Gasteiger partial charge in [-0.05, 0) is 0 Å². The Hall–Kier alpha value is -2.90. The van der Waals surface area contributed by atoms with Crippen molar-refractivity contribution in [1.29, 1.82) is 0 Å². The lowest BCUT2D eigenvalue weighted by Crippen LogP contribution is -2.05. The van der Waals surface area contributed by atoms with Crippen LogP contribution >= 0.6 is 23.1 Å². The number of thiazole rings is 1. The molecular formula is C21H17N3O2S2. The third kappa shape index (κ3) is 4.32. The highest BCUT2D eigenvalue weighted by Gasteiger charge is 2.17. The van der Waals surface area contributed by atoms with Crippen molar-refractivity contribution in [2.45, 2.75) is 17.9 Å². The lowest BCUT2D eigenvalue weighted by Gasteiger charge is -2.00. The first kappa shape index (κ1) is 18.5. The Kier molecular flexibility index (Phi) is 5.55. The maximum atomic E-state index is 11.1. The van der Waals surface area contributed by atoms with E-state index in [1.807, 2.05) is 66.0 Å². The molecule has 28 heavy (non-hydrogen) atoms. The van der Waals surface area contributed by atoms with E-state index in [1.165, 1.54) is 30.0 Å². The van der Waals surface area contributed by atoms with E-state index in [0.717, 1.165) is 28.3 Å². The summed E-state index contributed by atoms with van der Waals surface area (Å²) in [6.07, 6.45) is 0. The summed E-state index contributed by atoms with van der Waals surface area (Å²) in [7, 11) is 0. The van der Waals surface area contributed by atoms with Gasteiger partial charge in [0.1, 0.15) is 5.69 Å². The quantitative estimate of drug-likeness (QED) is 0.414. The molecule has 140 valence electrons. The molecule has 2 heterocycles. The normalized spacial score (nSPS) is 10.8. The lowest BCUT2D eigenvalue weighted by atomic mass is 10.1. The van der Waals surface area contributed by atoms with Crippen molar-refractivity contribution in [1.82, 2.24) is 9.97 Å². The molecule has 0 fully saturated rings. The second-order valence-corrected chi connectivity index (χ2v) is 7.79. The molecule has 0 atom stereocenters. The molecule has 1 amide bonds. The Morgan fingerprint density at radius 3 is 2.39 bits per heavy atom. The molecule has 5 nitrogen and oxygen atoms in total. The van der Waals surface area contributed by atoms with Gasteiger partial charge in [0, 0.05) is 29.2 Å². The van der Waals surface area contributed by atoms with Gasteiger partial charge in [0.2, 0.25) is 5.91 Å². The van der Waals surface area contributed by atoms with Crippen LogP contribution in [0.25, 0.3) is 22.6 Å². The number of nitrogens with zero attached hydrogens (tertiary/aromatic N) is 2. The summed E-state index contributed by atoms with van der Waals surface area (Å²) in [5, 5.41) is 5.82. The summed E-state index contributed by atoms with van der Waals surface area (Å²) in [4.78, 5) is 20.3. The molecule has 0 saturated heterocycles. The van der Waals surface area contributed by atoms with Crippen LogP contribution in [0.2, 0.25) is 0 Å². The van der Waals surface area contributed by atoms with Gasteiger partial charge in [-0.3, -0.25) is 4.79 Å². The summed E-state index contributed by atoms with van der Waals surface area (Å²) in [6, 6.07) is 20.0. The lowest BCUT2D eigenvalue weighted by molar-refractivity contribution is -0.114. The Morgan fingerprint density at radius 2 is 1.71 bits per heavy atom.